The summed E-state index contributed by atoms with van der Waals surface area (Å²) in [7, 11) is 0. The zero-order valence-electron chi connectivity index (χ0n) is 9.54. The first-order valence-corrected chi connectivity index (χ1v) is 5.83. The number of non-ortho nitro benzene ring substituents is 1. The third-order valence-electron chi connectivity index (χ3n) is 2.69. The van der Waals surface area contributed by atoms with Crippen LogP contribution in [-0.2, 0) is 0 Å². The topological polar surface area (TPSA) is 69.2 Å². The number of nitrogens with zero attached hydrogens (tertiary/aromatic N) is 2. The lowest BCUT2D eigenvalue weighted by Crippen LogP contribution is -1.88. The fourth-order valence-corrected chi connectivity index (χ4v) is 2.03. The normalized spacial score (nSPS) is 10.8. The first-order valence-electron chi connectivity index (χ1n) is 5.45. The lowest BCUT2D eigenvalue weighted by atomic mass is 10.2. The van der Waals surface area contributed by atoms with Gasteiger partial charge in [-0.25, -0.2) is 4.98 Å². The molecule has 0 N–H and O–H groups in total. The minimum absolute atomic E-state index is 0.0649. The van der Waals surface area contributed by atoms with Crippen molar-refractivity contribution in [1.29, 1.82) is 0 Å². The Hall–Kier alpha value is -2.40. The molecule has 0 aliphatic carbocycles. The molecule has 0 unspecified atom stereocenters. The van der Waals surface area contributed by atoms with E-state index < -0.39 is 4.92 Å². The summed E-state index contributed by atoms with van der Waals surface area (Å²) >= 11 is 6.03. The van der Waals surface area contributed by atoms with Gasteiger partial charge in [-0.15, -0.1) is 0 Å². The molecule has 0 saturated carbocycles. The fourth-order valence-electron chi connectivity index (χ4n) is 1.78. The molecule has 6 heteroatoms. The quantitative estimate of drug-likeness (QED) is 0.522. The van der Waals surface area contributed by atoms with Gasteiger partial charge in [-0.1, -0.05) is 23.7 Å². The molecule has 0 aliphatic heterocycles. The molecule has 0 atom stereocenters. The first-order chi connectivity index (χ1) is 9.15. The highest BCUT2D eigenvalue weighted by molar-refractivity contribution is 6.33. The van der Waals surface area contributed by atoms with E-state index in [1.807, 2.05) is 18.2 Å². The molecule has 0 radical (unpaired) electrons. The third kappa shape index (κ3) is 2.04. The average Bonchev–Trinajstić information content (AvgIpc) is 2.81. The van der Waals surface area contributed by atoms with Gasteiger partial charge in [-0.05, 0) is 18.2 Å². The summed E-state index contributed by atoms with van der Waals surface area (Å²) in [5, 5.41) is 10.9. The first kappa shape index (κ1) is 11.7. The number of halogens is 1. The van der Waals surface area contributed by atoms with Crippen molar-refractivity contribution >= 4 is 28.4 Å². The van der Waals surface area contributed by atoms with Gasteiger partial charge in [0, 0.05) is 12.1 Å². The van der Waals surface area contributed by atoms with Crippen molar-refractivity contribution in [2.45, 2.75) is 0 Å². The number of nitro benzene ring substituents is 1. The van der Waals surface area contributed by atoms with Crippen LogP contribution in [0.15, 0.2) is 46.9 Å². The van der Waals surface area contributed by atoms with Crippen molar-refractivity contribution in [3.8, 4) is 11.5 Å². The zero-order chi connectivity index (χ0) is 13.4. The van der Waals surface area contributed by atoms with Gasteiger partial charge < -0.3 is 4.42 Å². The smallest absolute Gasteiger partial charge is 0.270 e. The molecule has 0 fully saturated rings. The number of para-hydroxylation sites is 2. The Morgan fingerprint density at radius 2 is 2.00 bits per heavy atom. The molecule has 0 bridgehead atoms. The van der Waals surface area contributed by atoms with Crippen LogP contribution in [0.5, 0.6) is 0 Å². The second-order valence-electron chi connectivity index (χ2n) is 3.91. The van der Waals surface area contributed by atoms with Crippen molar-refractivity contribution in [1.82, 2.24) is 4.98 Å². The predicted molar refractivity (Wildman–Crippen MR) is 71.1 cm³/mol. The summed E-state index contributed by atoms with van der Waals surface area (Å²) in [5.41, 5.74) is 1.83. The fraction of sp³-hybridized carbons (Fsp3) is 0. The summed E-state index contributed by atoms with van der Waals surface area (Å²) in [6.07, 6.45) is 0. The van der Waals surface area contributed by atoms with Crippen molar-refractivity contribution in [2.75, 3.05) is 0 Å². The maximum absolute atomic E-state index is 10.6. The van der Waals surface area contributed by atoms with E-state index in [0.717, 1.165) is 0 Å². The molecule has 0 amide bonds. The maximum atomic E-state index is 10.6. The number of rotatable bonds is 2. The molecule has 3 rings (SSSR count). The molecule has 3 aromatic rings. The third-order valence-corrected chi connectivity index (χ3v) is 3.00. The number of aromatic nitrogens is 1. The molecule has 5 nitrogen and oxygen atoms in total. The predicted octanol–water partition coefficient (Wildman–Crippen LogP) is 4.06. The number of hydrogen-bond acceptors (Lipinski definition) is 4. The molecule has 1 heterocycles. The summed E-state index contributed by atoms with van der Waals surface area (Å²) in [5.74, 6) is 0.348. The van der Waals surface area contributed by atoms with E-state index in [1.54, 1.807) is 6.07 Å². The number of fused-ring (bicyclic) bond motifs is 1. The Bertz CT molecular complexity index is 749. The van der Waals surface area contributed by atoms with E-state index in [0.29, 0.717) is 22.6 Å². The van der Waals surface area contributed by atoms with Crippen molar-refractivity contribution in [2.24, 2.45) is 0 Å². The van der Waals surface area contributed by atoms with Gasteiger partial charge in [0.25, 0.3) is 5.69 Å². The lowest BCUT2D eigenvalue weighted by Gasteiger charge is -1.98. The molecular formula is C13H7ClN2O3. The van der Waals surface area contributed by atoms with E-state index in [1.165, 1.54) is 18.2 Å². The second-order valence-corrected chi connectivity index (χ2v) is 4.32. The van der Waals surface area contributed by atoms with Crippen LogP contribution >= 0.6 is 11.6 Å². The van der Waals surface area contributed by atoms with Crippen LogP contribution in [-0.4, -0.2) is 9.91 Å². The molecule has 0 aliphatic rings. The Kier molecular flexibility index (Phi) is 2.68. The van der Waals surface area contributed by atoms with Gasteiger partial charge in [0.05, 0.1) is 15.5 Å². The number of oxazole rings is 1. The minimum atomic E-state index is -0.498. The SMILES string of the molecule is O=[N+]([O-])c1ccc(-c2nc3ccccc3o2)c(Cl)c1. The van der Waals surface area contributed by atoms with Crippen molar-refractivity contribution < 1.29 is 9.34 Å². The molecule has 0 spiro atoms. The van der Waals surface area contributed by atoms with Crippen LogP contribution in [0.2, 0.25) is 5.02 Å². The summed E-state index contributed by atoms with van der Waals surface area (Å²) in [6, 6.07) is 11.5. The molecule has 2 aromatic carbocycles. The zero-order valence-corrected chi connectivity index (χ0v) is 10.3. The maximum Gasteiger partial charge on any atom is 0.270 e. The standard InChI is InChI=1S/C13H7ClN2O3/c14-10-7-8(16(17)18)5-6-9(10)13-15-11-3-1-2-4-12(11)19-13/h1-7H. The van der Waals surface area contributed by atoms with Crippen molar-refractivity contribution in [3.05, 3.63) is 57.6 Å². The van der Waals surface area contributed by atoms with Gasteiger partial charge in [-0.3, -0.25) is 10.1 Å². The second kappa shape index (κ2) is 4.37. The van der Waals surface area contributed by atoms with E-state index in [9.17, 15) is 10.1 Å². The highest BCUT2D eigenvalue weighted by atomic mass is 35.5. The van der Waals surface area contributed by atoms with Gasteiger partial charge in [0.15, 0.2) is 5.58 Å². The van der Waals surface area contributed by atoms with Crippen LogP contribution in [0.4, 0.5) is 5.69 Å². The van der Waals surface area contributed by atoms with Gasteiger partial charge >= 0.3 is 0 Å². The highest BCUT2D eigenvalue weighted by Crippen LogP contribution is 2.32. The van der Waals surface area contributed by atoms with Crippen molar-refractivity contribution in [3.63, 3.8) is 0 Å². The number of hydrogen-bond donors (Lipinski definition) is 0. The van der Waals surface area contributed by atoms with Crippen LogP contribution in [0.1, 0.15) is 0 Å². The van der Waals surface area contributed by atoms with E-state index in [-0.39, 0.29) is 10.7 Å². The minimum Gasteiger partial charge on any atom is -0.436 e. The van der Waals surface area contributed by atoms with Crippen LogP contribution in [0.25, 0.3) is 22.6 Å². The van der Waals surface area contributed by atoms with Crippen LogP contribution < -0.4 is 0 Å². The molecule has 19 heavy (non-hydrogen) atoms. The summed E-state index contributed by atoms with van der Waals surface area (Å²) < 4.78 is 5.57. The van der Waals surface area contributed by atoms with Crippen LogP contribution in [0, 0.1) is 10.1 Å². The molecule has 94 valence electrons. The largest absolute Gasteiger partial charge is 0.436 e. The lowest BCUT2D eigenvalue weighted by molar-refractivity contribution is -0.384. The van der Waals surface area contributed by atoms with Gasteiger partial charge in [0.1, 0.15) is 5.52 Å². The Balaban J connectivity index is 2.13. The van der Waals surface area contributed by atoms with Gasteiger partial charge in [0.2, 0.25) is 5.89 Å². The molecule has 1 aromatic heterocycles. The van der Waals surface area contributed by atoms with Gasteiger partial charge in [-0.2, -0.15) is 0 Å². The van der Waals surface area contributed by atoms with Crippen LogP contribution in [0.3, 0.4) is 0 Å². The molecular weight excluding hydrogens is 268 g/mol. The van der Waals surface area contributed by atoms with E-state index in [4.69, 9.17) is 16.0 Å². The van der Waals surface area contributed by atoms with E-state index >= 15 is 0 Å². The Morgan fingerprint density at radius 1 is 1.21 bits per heavy atom. The number of nitro groups is 1. The molecule has 0 saturated heterocycles. The monoisotopic (exact) mass is 274 g/mol. The van der Waals surface area contributed by atoms with E-state index in [2.05, 4.69) is 4.98 Å². The number of benzene rings is 2. The summed E-state index contributed by atoms with van der Waals surface area (Å²) in [6.45, 7) is 0. The highest BCUT2D eigenvalue weighted by Gasteiger charge is 2.15. The summed E-state index contributed by atoms with van der Waals surface area (Å²) in [4.78, 5) is 14.4. The Morgan fingerprint density at radius 3 is 2.68 bits per heavy atom. The Labute approximate surface area is 112 Å². The average molecular weight is 275 g/mol.